The number of benzene rings is 1. The molecule has 4 rings (SSSR count). The molecule has 0 spiro atoms. The zero-order valence-corrected chi connectivity index (χ0v) is 19.4. The van der Waals surface area contributed by atoms with Crippen molar-refractivity contribution in [1.82, 2.24) is 14.9 Å². The number of hydrogen-bond acceptors (Lipinski definition) is 7. The van der Waals surface area contributed by atoms with Gasteiger partial charge < -0.3 is 15.2 Å². The number of fused-ring (bicyclic) bond motifs is 1. The molecule has 1 aliphatic heterocycles. The highest BCUT2D eigenvalue weighted by atomic mass is 35.5. The third-order valence-electron chi connectivity index (χ3n) is 5.07. The molecule has 8 nitrogen and oxygen atoms in total. The van der Waals surface area contributed by atoms with Crippen LogP contribution in [-0.2, 0) is 6.54 Å². The van der Waals surface area contributed by atoms with Gasteiger partial charge in [0.2, 0.25) is 5.95 Å². The van der Waals surface area contributed by atoms with Crippen LogP contribution in [-0.4, -0.2) is 33.1 Å². The number of hydrogen-bond donors (Lipinski definition) is 2. The topological polar surface area (TPSA) is 112 Å². The van der Waals surface area contributed by atoms with Gasteiger partial charge in [-0.1, -0.05) is 41.6 Å². The SMILES string of the molecule is CC1=NC2CC=C(Nc3nc(=O)c(C(=O)NCCC#N)cn3Cc3ccc(Cl)cc3)C=C2S1. The highest BCUT2D eigenvalue weighted by Gasteiger charge is 2.24. The lowest BCUT2D eigenvalue weighted by atomic mass is 10.1. The van der Waals surface area contributed by atoms with E-state index in [1.807, 2.05) is 37.3 Å². The van der Waals surface area contributed by atoms with Crippen molar-refractivity contribution < 1.29 is 4.79 Å². The van der Waals surface area contributed by atoms with Gasteiger partial charge >= 0.3 is 0 Å². The molecular formula is C23H21ClN6O2S. The molecule has 0 bridgehead atoms. The standard InChI is InChI=1S/C23H21ClN6O2S/c1-14-27-19-8-7-17(11-20(19)33-14)28-23-29-22(32)18(21(31)26-10-2-9-25)13-30(23)12-15-3-5-16(24)6-4-15/h3-7,11,13,19H,2,8,10,12H2,1H3,(H,26,31)(H,28,29,32). The number of rotatable bonds is 7. The summed E-state index contributed by atoms with van der Waals surface area (Å²) in [6.45, 7) is 2.52. The first kappa shape index (κ1) is 22.8. The van der Waals surface area contributed by atoms with Crippen LogP contribution >= 0.6 is 23.4 Å². The Morgan fingerprint density at radius 3 is 2.91 bits per heavy atom. The van der Waals surface area contributed by atoms with E-state index in [9.17, 15) is 9.59 Å². The Labute approximate surface area is 200 Å². The van der Waals surface area contributed by atoms with Gasteiger partial charge in [0, 0.05) is 28.4 Å². The van der Waals surface area contributed by atoms with Crippen LogP contribution in [0.5, 0.6) is 0 Å². The van der Waals surface area contributed by atoms with E-state index in [2.05, 4.69) is 20.6 Å². The number of carbonyl (C=O) groups excluding carboxylic acids is 1. The Kier molecular flexibility index (Phi) is 6.96. The second-order valence-corrected chi connectivity index (χ2v) is 9.24. The van der Waals surface area contributed by atoms with Crippen molar-refractivity contribution >= 4 is 40.3 Å². The first-order chi connectivity index (χ1) is 15.9. The summed E-state index contributed by atoms with van der Waals surface area (Å²) < 4.78 is 1.72. The number of allylic oxidation sites excluding steroid dienone is 1. The van der Waals surface area contributed by atoms with Crippen molar-refractivity contribution in [3.05, 3.63) is 79.7 Å². The number of nitriles is 1. The zero-order valence-electron chi connectivity index (χ0n) is 17.8. The number of thioether (sulfide) groups is 1. The molecule has 2 aromatic rings. The second kappa shape index (κ2) is 10.1. The maximum absolute atomic E-state index is 12.7. The summed E-state index contributed by atoms with van der Waals surface area (Å²) in [5.74, 6) is -0.235. The molecule has 1 atom stereocenters. The van der Waals surface area contributed by atoms with Crippen LogP contribution in [0.25, 0.3) is 0 Å². The quantitative estimate of drug-likeness (QED) is 0.584. The monoisotopic (exact) mass is 480 g/mol. The van der Waals surface area contributed by atoms with Crippen LogP contribution in [0, 0.1) is 11.3 Å². The van der Waals surface area contributed by atoms with Crippen molar-refractivity contribution in [2.45, 2.75) is 32.4 Å². The summed E-state index contributed by atoms with van der Waals surface area (Å²) in [5.41, 5.74) is 1.02. The van der Waals surface area contributed by atoms with Gasteiger partial charge in [0.1, 0.15) is 5.56 Å². The fourth-order valence-corrected chi connectivity index (χ4v) is 4.61. The van der Waals surface area contributed by atoms with E-state index in [1.54, 1.807) is 28.5 Å². The number of amides is 1. The lowest BCUT2D eigenvalue weighted by Crippen LogP contribution is -2.32. The molecular weight excluding hydrogens is 460 g/mol. The molecule has 1 aromatic carbocycles. The van der Waals surface area contributed by atoms with Crippen molar-refractivity contribution in [2.75, 3.05) is 11.9 Å². The summed E-state index contributed by atoms with van der Waals surface area (Å²) >= 11 is 7.65. The molecule has 10 heteroatoms. The third-order valence-corrected chi connectivity index (χ3v) is 6.35. The van der Waals surface area contributed by atoms with Gasteiger partial charge in [0.25, 0.3) is 11.5 Å². The Morgan fingerprint density at radius 2 is 2.15 bits per heavy atom. The predicted molar refractivity (Wildman–Crippen MR) is 131 cm³/mol. The molecule has 1 amide bonds. The van der Waals surface area contributed by atoms with Gasteiger partial charge in [-0.25, -0.2) is 0 Å². The maximum Gasteiger partial charge on any atom is 0.287 e. The lowest BCUT2D eigenvalue weighted by molar-refractivity contribution is 0.0952. The van der Waals surface area contributed by atoms with E-state index in [0.29, 0.717) is 17.5 Å². The largest absolute Gasteiger partial charge is 0.351 e. The Morgan fingerprint density at radius 1 is 1.36 bits per heavy atom. The summed E-state index contributed by atoms with van der Waals surface area (Å²) in [5, 5.41) is 16.2. The highest BCUT2D eigenvalue weighted by Crippen LogP contribution is 2.36. The van der Waals surface area contributed by atoms with Gasteiger partial charge in [0.15, 0.2) is 0 Å². The van der Waals surface area contributed by atoms with E-state index < -0.39 is 11.5 Å². The fraction of sp³-hybridized carbons (Fsp3) is 0.261. The minimum absolute atomic E-state index is 0.0844. The summed E-state index contributed by atoms with van der Waals surface area (Å²) in [4.78, 5) is 35.1. The van der Waals surface area contributed by atoms with Crippen LogP contribution in [0.2, 0.25) is 5.02 Å². The van der Waals surface area contributed by atoms with Crippen molar-refractivity contribution in [2.24, 2.45) is 4.99 Å². The smallest absolute Gasteiger partial charge is 0.287 e. The van der Waals surface area contributed by atoms with Crippen LogP contribution in [0.3, 0.4) is 0 Å². The predicted octanol–water partition coefficient (Wildman–Crippen LogP) is 3.71. The molecule has 1 aromatic heterocycles. The molecule has 1 unspecified atom stereocenters. The maximum atomic E-state index is 12.7. The zero-order chi connectivity index (χ0) is 23.4. The first-order valence-electron chi connectivity index (χ1n) is 10.3. The van der Waals surface area contributed by atoms with Gasteiger partial charge in [-0.2, -0.15) is 10.2 Å². The number of aliphatic imine (C=N–C) groups is 1. The minimum atomic E-state index is -0.643. The van der Waals surface area contributed by atoms with E-state index in [1.165, 1.54) is 6.20 Å². The summed E-state index contributed by atoms with van der Waals surface area (Å²) in [6, 6.07) is 9.42. The minimum Gasteiger partial charge on any atom is -0.351 e. The molecule has 2 N–H and O–H groups in total. The van der Waals surface area contributed by atoms with Gasteiger partial charge in [-0.3, -0.25) is 14.6 Å². The number of anilines is 1. The van der Waals surface area contributed by atoms with Crippen LogP contribution in [0.4, 0.5) is 5.95 Å². The number of carbonyl (C=O) groups is 1. The number of nitrogens with one attached hydrogen (secondary N) is 2. The van der Waals surface area contributed by atoms with E-state index in [4.69, 9.17) is 16.9 Å². The second-order valence-electron chi connectivity index (χ2n) is 7.53. The average molecular weight is 481 g/mol. The molecule has 33 heavy (non-hydrogen) atoms. The first-order valence-corrected chi connectivity index (χ1v) is 11.5. The van der Waals surface area contributed by atoms with Crippen LogP contribution < -0.4 is 16.2 Å². The number of aromatic nitrogens is 2. The van der Waals surface area contributed by atoms with Crippen LogP contribution in [0.1, 0.15) is 35.7 Å². The Bertz CT molecular complexity index is 1270. The molecule has 1 aliphatic carbocycles. The normalized spacial score (nSPS) is 16.8. The molecule has 168 valence electrons. The molecule has 0 fully saturated rings. The van der Waals surface area contributed by atoms with E-state index >= 15 is 0 Å². The fourth-order valence-electron chi connectivity index (χ4n) is 3.49. The Hall–Kier alpha value is -3.35. The molecule has 0 saturated carbocycles. The molecule has 2 heterocycles. The number of halogens is 1. The van der Waals surface area contributed by atoms with Gasteiger partial charge in [-0.15, -0.1) is 0 Å². The lowest BCUT2D eigenvalue weighted by Gasteiger charge is -2.19. The number of nitrogens with zero attached hydrogens (tertiary/aromatic N) is 4. The van der Waals surface area contributed by atoms with Crippen molar-refractivity contribution in [3.63, 3.8) is 0 Å². The Balaban J connectivity index is 1.64. The average Bonchev–Trinajstić information content (AvgIpc) is 3.16. The molecule has 0 radical (unpaired) electrons. The third kappa shape index (κ3) is 5.53. The molecule has 2 aliphatic rings. The highest BCUT2D eigenvalue weighted by molar-refractivity contribution is 8.17. The van der Waals surface area contributed by atoms with Crippen LogP contribution in [0.15, 0.2) is 63.0 Å². The van der Waals surface area contributed by atoms with Gasteiger partial charge in [0.05, 0.1) is 30.1 Å². The van der Waals surface area contributed by atoms with Gasteiger partial charge in [-0.05, 0) is 37.1 Å². The van der Waals surface area contributed by atoms with Crippen molar-refractivity contribution in [3.8, 4) is 6.07 Å². The molecule has 0 saturated heterocycles. The van der Waals surface area contributed by atoms with E-state index in [-0.39, 0.29) is 24.6 Å². The summed E-state index contributed by atoms with van der Waals surface area (Å²) in [6.07, 6.45) is 6.45. The van der Waals surface area contributed by atoms with E-state index in [0.717, 1.165) is 27.6 Å². The summed E-state index contributed by atoms with van der Waals surface area (Å²) in [7, 11) is 0. The van der Waals surface area contributed by atoms with Crippen molar-refractivity contribution in [1.29, 1.82) is 5.26 Å².